The average Bonchev–Trinajstić information content (AvgIpc) is 2.87. The number of carbonyl (C=O) groups excluding carboxylic acids is 1. The van der Waals surface area contributed by atoms with E-state index in [2.05, 4.69) is 0 Å². The van der Waals surface area contributed by atoms with E-state index in [1.54, 1.807) is 18.2 Å². The number of phenolic OH excluding ortho intramolecular Hbond substituents is 1. The number of benzene rings is 1. The lowest BCUT2D eigenvalue weighted by Gasteiger charge is -2.00. The molecule has 0 bridgehead atoms. The zero-order valence-corrected chi connectivity index (χ0v) is 8.07. The van der Waals surface area contributed by atoms with Gasteiger partial charge < -0.3 is 5.11 Å². The molecule has 14 heavy (non-hydrogen) atoms. The van der Waals surface area contributed by atoms with Crippen molar-refractivity contribution in [3.05, 3.63) is 29.8 Å². The van der Waals surface area contributed by atoms with Crippen LogP contribution in [-0.2, 0) is 11.2 Å². The predicted octanol–water partition coefficient (Wildman–Crippen LogP) is 2.30. The summed E-state index contributed by atoms with van der Waals surface area (Å²) in [4.78, 5) is 11.5. The van der Waals surface area contributed by atoms with Crippen molar-refractivity contribution in [1.29, 1.82) is 0 Å². The molecule has 1 saturated carbocycles. The highest BCUT2D eigenvalue weighted by molar-refractivity contribution is 5.81. The second kappa shape index (κ2) is 3.82. The maximum Gasteiger partial charge on any atom is 0.137 e. The first-order valence-electron chi connectivity index (χ1n) is 5.03. The first-order valence-corrected chi connectivity index (χ1v) is 5.03. The quantitative estimate of drug-likeness (QED) is 0.791. The summed E-state index contributed by atoms with van der Waals surface area (Å²) in [7, 11) is 0. The van der Waals surface area contributed by atoms with Gasteiger partial charge in [0.2, 0.25) is 0 Å². The minimum atomic E-state index is 0.238. The summed E-state index contributed by atoms with van der Waals surface area (Å²) in [5.74, 6) is 1.18. The highest BCUT2D eigenvalue weighted by Gasteiger charge is 2.24. The molecule has 0 amide bonds. The van der Waals surface area contributed by atoms with Gasteiger partial charge in [0.25, 0.3) is 0 Å². The van der Waals surface area contributed by atoms with Crippen molar-refractivity contribution in [2.24, 2.45) is 5.92 Å². The van der Waals surface area contributed by atoms with Gasteiger partial charge in [-0.2, -0.15) is 0 Å². The van der Waals surface area contributed by atoms with Crippen LogP contribution in [0.15, 0.2) is 24.3 Å². The number of ketones is 1. The highest BCUT2D eigenvalue weighted by atomic mass is 16.3. The van der Waals surface area contributed by atoms with E-state index in [0.29, 0.717) is 12.3 Å². The van der Waals surface area contributed by atoms with Crippen molar-refractivity contribution in [2.75, 3.05) is 0 Å². The predicted molar refractivity (Wildman–Crippen MR) is 54.2 cm³/mol. The van der Waals surface area contributed by atoms with Crippen molar-refractivity contribution in [3.8, 4) is 5.75 Å². The van der Waals surface area contributed by atoms with Crippen molar-refractivity contribution in [1.82, 2.24) is 0 Å². The van der Waals surface area contributed by atoms with Gasteiger partial charge in [0, 0.05) is 12.8 Å². The van der Waals surface area contributed by atoms with Crippen LogP contribution in [-0.4, -0.2) is 10.9 Å². The summed E-state index contributed by atoms with van der Waals surface area (Å²) in [6.07, 6.45) is 3.61. The van der Waals surface area contributed by atoms with Crippen LogP contribution in [0.25, 0.3) is 0 Å². The van der Waals surface area contributed by atoms with E-state index in [9.17, 15) is 9.90 Å². The Kier molecular flexibility index (Phi) is 2.53. The molecule has 1 fully saturated rings. The van der Waals surface area contributed by atoms with Crippen molar-refractivity contribution < 1.29 is 9.90 Å². The molecular weight excluding hydrogens is 176 g/mol. The summed E-state index contributed by atoms with van der Waals surface area (Å²) in [6, 6.07) is 6.93. The summed E-state index contributed by atoms with van der Waals surface area (Å²) in [6.45, 7) is 0. The first-order chi connectivity index (χ1) is 6.74. The summed E-state index contributed by atoms with van der Waals surface area (Å²) >= 11 is 0. The molecule has 0 unspecified atom stereocenters. The Bertz CT molecular complexity index is 340. The Labute approximate surface area is 83.6 Å². The third-order valence-electron chi connectivity index (χ3n) is 2.53. The fraction of sp³-hybridized carbons (Fsp3) is 0.417. The van der Waals surface area contributed by atoms with Gasteiger partial charge in [-0.05, 0) is 36.5 Å². The van der Waals surface area contributed by atoms with Gasteiger partial charge in [0.15, 0.2) is 0 Å². The molecule has 0 atom stereocenters. The molecule has 2 rings (SSSR count). The van der Waals surface area contributed by atoms with Crippen LogP contribution in [0.1, 0.15) is 24.8 Å². The smallest absolute Gasteiger partial charge is 0.137 e. The zero-order chi connectivity index (χ0) is 9.97. The Morgan fingerprint density at radius 3 is 2.86 bits per heavy atom. The molecule has 1 aromatic carbocycles. The van der Waals surface area contributed by atoms with Gasteiger partial charge >= 0.3 is 0 Å². The van der Waals surface area contributed by atoms with E-state index >= 15 is 0 Å². The molecule has 1 aliphatic rings. The Hall–Kier alpha value is -1.31. The van der Waals surface area contributed by atoms with Gasteiger partial charge in [-0.1, -0.05) is 12.1 Å². The summed E-state index contributed by atoms with van der Waals surface area (Å²) < 4.78 is 0. The Morgan fingerprint density at radius 1 is 1.43 bits per heavy atom. The second-order valence-electron chi connectivity index (χ2n) is 4.03. The molecule has 2 nitrogen and oxygen atoms in total. The average molecular weight is 190 g/mol. The Morgan fingerprint density at radius 2 is 2.21 bits per heavy atom. The Balaban J connectivity index is 1.92. The molecule has 0 saturated heterocycles. The van der Waals surface area contributed by atoms with Gasteiger partial charge in [0.1, 0.15) is 11.5 Å². The van der Waals surface area contributed by atoms with Crippen LogP contribution < -0.4 is 0 Å². The van der Waals surface area contributed by atoms with Crippen molar-refractivity contribution >= 4 is 5.78 Å². The largest absolute Gasteiger partial charge is 0.508 e. The fourth-order valence-electron chi connectivity index (χ4n) is 1.61. The maximum atomic E-state index is 11.5. The lowest BCUT2D eigenvalue weighted by atomic mass is 10.1. The van der Waals surface area contributed by atoms with Gasteiger partial charge in [-0.25, -0.2) is 0 Å². The molecule has 0 spiro atoms. The third-order valence-corrected chi connectivity index (χ3v) is 2.53. The van der Waals surface area contributed by atoms with Crippen LogP contribution >= 0.6 is 0 Å². The molecule has 1 aromatic rings. The van der Waals surface area contributed by atoms with Gasteiger partial charge in [-0.3, -0.25) is 4.79 Å². The lowest BCUT2D eigenvalue weighted by molar-refractivity contribution is -0.118. The number of aromatic hydroxyl groups is 1. The summed E-state index contributed by atoms with van der Waals surface area (Å²) in [5.41, 5.74) is 0.913. The first kappa shape index (κ1) is 9.25. The molecule has 0 radical (unpaired) electrons. The van der Waals surface area contributed by atoms with E-state index in [4.69, 9.17) is 0 Å². The van der Waals surface area contributed by atoms with E-state index in [-0.39, 0.29) is 11.5 Å². The molecular formula is C12H14O2. The van der Waals surface area contributed by atoms with Gasteiger partial charge in [0.05, 0.1) is 0 Å². The van der Waals surface area contributed by atoms with Crippen LogP contribution in [0.4, 0.5) is 0 Å². The lowest BCUT2D eigenvalue weighted by Crippen LogP contribution is -2.03. The standard InChI is InChI=1S/C12H14O2/c13-11-3-1-2-10(7-11)8-12(14)6-9-4-5-9/h1-3,7,9,13H,4-6,8H2. The van der Waals surface area contributed by atoms with E-state index in [1.807, 2.05) is 6.07 Å². The normalized spacial score (nSPS) is 15.4. The number of rotatable bonds is 4. The minimum absolute atomic E-state index is 0.238. The van der Waals surface area contributed by atoms with Crippen LogP contribution in [0.5, 0.6) is 5.75 Å². The van der Waals surface area contributed by atoms with Crippen LogP contribution in [0.3, 0.4) is 0 Å². The second-order valence-corrected chi connectivity index (χ2v) is 4.03. The molecule has 1 aliphatic carbocycles. The highest BCUT2D eigenvalue weighted by Crippen LogP contribution is 2.32. The number of carbonyl (C=O) groups is 1. The molecule has 2 heteroatoms. The topological polar surface area (TPSA) is 37.3 Å². The number of hydrogen-bond acceptors (Lipinski definition) is 2. The minimum Gasteiger partial charge on any atom is -0.508 e. The van der Waals surface area contributed by atoms with E-state index < -0.39 is 0 Å². The third kappa shape index (κ3) is 2.59. The molecule has 74 valence electrons. The van der Waals surface area contributed by atoms with E-state index in [0.717, 1.165) is 12.0 Å². The molecule has 1 N–H and O–H groups in total. The number of Topliss-reactive ketones (excluding diaryl/α,β-unsaturated/α-hetero) is 1. The number of hydrogen-bond donors (Lipinski definition) is 1. The maximum absolute atomic E-state index is 11.5. The monoisotopic (exact) mass is 190 g/mol. The fourth-order valence-corrected chi connectivity index (χ4v) is 1.61. The molecule has 0 aliphatic heterocycles. The summed E-state index contributed by atoms with van der Waals surface area (Å²) in [5, 5.41) is 9.21. The van der Waals surface area contributed by atoms with Gasteiger partial charge in [-0.15, -0.1) is 0 Å². The van der Waals surface area contributed by atoms with E-state index in [1.165, 1.54) is 12.8 Å². The zero-order valence-electron chi connectivity index (χ0n) is 8.07. The SMILES string of the molecule is O=C(Cc1cccc(O)c1)CC1CC1. The molecule has 0 heterocycles. The van der Waals surface area contributed by atoms with Crippen molar-refractivity contribution in [3.63, 3.8) is 0 Å². The molecule has 0 aromatic heterocycles. The van der Waals surface area contributed by atoms with Crippen LogP contribution in [0, 0.1) is 5.92 Å². The van der Waals surface area contributed by atoms with Crippen LogP contribution in [0.2, 0.25) is 0 Å². The van der Waals surface area contributed by atoms with Crippen molar-refractivity contribution in [2.45, 2.75) is 25.7 Å². The number of phenols is 1.